The Balaban J connectivity index is 0.000000273. The number of hydrogen-bond donors (Lipinski definition) is 4. The quantitative estimate of drug-likeness (QED) is 0.269. The van der Waals surface area contributed by atoms with Gasteiger partial charge in [0.15, 0.2) is 0 Å². The Morgan fingerprint density at radius 3 is 1.69 bits per heavy atom. The van der Waals surface area contributed by atoms with E-state index in [2.05, 4.69) is 97.5 Å². The van der Waals surface area contributed by atoms with Crippen LogP contribution in [0.1, 0.15) is 82.8 Å². The molecular weight excluding hydrogens is 560 g/mol. The number of benzene rings is 2. The topological polar surface area (TPSA) is 88.7 Å². The summed E-state index contributed by atoms with van der Waals surface area (Å²) in [5.74, 6) is 0.421. The van der Waals surface area contributed by atoms with Crippen molar-refractivity contribution in [2.75, 3.05) is 49.9 Å². The molecule has 1 unspecified atom stereocenters. The molecule has 2 aromatic rings. The minimum atomic E-state index is -0.433. The monoisotopic (exact) mass is 618 g/mol. The summed E-state index contributed by atoms with van der Waals surface area (Å²) in [6.45, 7) is 13.8. The summed E-state index contributed by atoms with van der Waals surface area (Å²) in [7, 11) is 0. The van der Waals surface area contributed by atoms with E-state index in [1.807, 2.05) is 9.80 Å². The van der Waals surface area contributed by atoms with Gasteiger partial charge in [0, 0.05) is 49.6 Å². The Kier molecular flexibility index (Phi) is 13.9. The number of amides is 3. The van der Waals surface area contributed by atoms with E-state index in [1.165, 1.54) is 42.5 Å². The van der Waals surface area contributed by atoms with Crippen molar-refractivity contribution in [3.63, 3.8) is 0 Å². The number of carbonyl (C=O) groups is 2. The van der Waals surface area contributed by atoms with Gasteiger partial charge in [-0.05, 0) is 102 Å². The molecule has 0 bridgehead atoms. The Morgan fingerprint density at radius 1 is 0.711 bits per heavy atom. The average molecular weight is 619 g/mol. The van der Waals surface area contributed by atoms with Crippen LogP contribution in [-0.4, -0.2) is 79.1 Å². The lowest BCUT2D eigenvalue weighted by Crippen LogP contribution is -2.54. The fourth-order valence-corrected chi connectivity index (χ4v) is 6.41. The lowest BCUT2D eigenvalue weighted by molar-refractivity contribution is -0.134. The van der Waals surface area contributed by atoms with Gasteiger partial charge in [0.05, 0.1) is 0 Å². The Bertz CT molecular complexity index is 1150. The molecule has 248 valence electrons. The van der Waals surface area contributed by atoms with Crippen molar-refractivity contribution >= 4 is 23.3 Å². The first-order valence-corrected chi connectivity index (χ1v) is 17.5. The van der Waals surface area contributed by atoms with E-state index in [1.54, 1.807) is 0 Å². The van der Waals surface area contributed by atoms with Crippen LogP contribution >= 0.6 is 0 Å². The number of anilines is 2. The third-order valence-corrected chi connectivity index (χ3v) is 9.19. The first-order chi connectivity index (χ1) is 21.8. The Labute approximate surface area is 272 Å². The SMILES string of the molecule is Cc1ccc(NC2CCN(C(=O)C(CC(C)C)NC(=O)N3CCCCCC3)CC2)cc1.Cc1ccc(NC2CCNCC2)cc1. The van der Waals surface area contributed by atoms with E-state index >= 15 is 0 Å². The standard InChI is InChI=1S/C25H40N4O2.C12H18N2/c1-19(2)18-23(27-25(31)29-14-6-4-5-7-15-29)24(30)28-16-12-22(13-17-28)26-21-10-8-20(3)9-11-21;1-10-2-4-11(5-3-10)14-12-6-8-13-9-7-12/h8-11,19,22-23,26H,4-7,12-18H2,1-3H3,(H,27,31);2-5,12-14H,6-9H2,1H3. The number of likely N-dealkylation sites (tertiary alicyclic amines) is 2. The lowest BCUT2D eigenvalue weighted by atomic mass is 9.99. The summed E-state index contributed by atoms with van der Waals surface area (Å²) in [5, 5.41) is 13.6. The zero-order valence-corrected chi connectivity index (χ0v) is 28.2. The summed E-state index contributed by atoms with van der Waals surface area (Å²) >= 11 is 0. The highest BCUT2D eigenvalue weighted by atomic mass is 16.2. The molecule has 3 amide bonds. The number of piperidine rings is 2. The van der Waals surface area contributed by atoms with Gasteiger partial charge in [-0.2, -0.15) is 0 Å². The third kappa shape index (κ3) is 11.9. The van der Waals surface area contributed by atoms with Crippen LogP contribution < -0.4 is 21.3 Å². The first kappa shape index (κ1) is 34.6. The number of rotatable bonds is 8. The highest BCUT2D eigenvalue weighted by molar-refractivity contribution is 5.87. The van der Waals surface area contributed by atoms with Gasteiger partial charge in [-0.1, -0.05) is 62.1 Å². The highest BCUT2D eigenvalue weighted by Gasteiger charge is 2.31. The zero-order valence-electron chi connectivity index (χ0n) is 28.2. The van der Waals surface area contributed by atoms with Gasteiger partial charge >= 0.3 is 6.03 Å². The van der Waals surface area contributed by atoms with Crippen LogP contribution in [0.4, 0.5) is 16.2 Å². The molecule has 5 rings (SSSR count). The van der Waals surface area contributed by atoms with Gasteiger partial charge in [0.1, 0.15) is 6.04 Å². The van der Waals surface area contributed by atoms with Crippen LogP contribution in [0.25, 0.3) is 0 Å². The molecule has 3 aliphatic rings. The lowest BCUT2D eigenvalue weighted by Gasteiger charge is -2.36. The Hall–Kier alpha value is -3.26. The number of carbonyl (C=O) groups excluding carboxylic acids is 2. The molecule has 8 nitrogen and oxygen atoms in total. The second-order valence-corrected chi connectivity index (χ2v) is 13.7. The largest absolute Gasteiger partial charge is 0.382 e. The summed E-state index contributed by atoms with van der Waals surface area (Å²) < 4.78 is 0. The van der Waals surface area contributed by atoms with Crippen molar-refractivity contribution in [1.29, 1.82) is 0 Å². The molecule has 4 N–H and O–H groups in total. The van der Waals surface area contributed by atoms with Crippen molar-refractivity contribution in [2.45, 2.75) is 104 Å². The fourth-order valence-electron chi connectivity index (χ4n) is 6.41. The van der Waals surface area contributed by atoms with Gasteiger partial charge in [0.2, 0.25) is 5.91 Å². The number of nitrogens with one attached hydrogen (secondary N) is 4. The van der Waals surface area contributed by atoms with E-state index in [0.717, 1.165) is 70.6 Å². The molecule has 0 aromatic heterocycles. The molecule has 0 radical (unpaired) electrons. The van der Waals surface area contributed by atoms with Crippen molar-refractivity contribution in [3.05, 3.63) is 59.7 Å². The van der Waals surface area contributed by atoms with Gasteiger partial charge in [-0.15, -0.1) is 0 Å². The fraction of sp³-hybridized carbons (Fsp3) is 0.622. The zero-order chi connectivity index (χ0) is 32.0. The molecule has 2 aromatic carbocycles. The predicted molar refractivity (Wildman–Crippen MR) is 187 cm³/mol. The molecule has 8 heteroatoms. The van der Waals surface area contributed by atoms with Gasteiger partial charge in [0.25, 0.3) is 0 Å². The third-order valence-electron chi connectivity index (χ3n) is 9.19. The van der Waals surface area contributed by atoms with Crippen LogP contribution in [-0.2, 0) is 4.79 Å². The minimum Gasteiger partial charge on any atom is -0.382 e. The Morgan fingerprint density at radius 2 is 1.20 bits per heavy atom. The molecular formula is C37H58N6O2. The number of nitrogens with zero attached hydrogens (tertiary/aromatic N) is 2. The van der Waals surface area contributed by atoms with Crippen molar-refractivity contribution < 1.29 is 9.59 Å². The number of aryl methyl sites for hydroxylation is 2. The van der Waals surface area contributed by atoms with E-state index in [0.29, 0.717) is 24.4 Å². The maximum atomic E-state index is 13.3. The smallest absolute Gasteiger partial charge is 0.318 e. The van der Waals surface area contributed by atoms with Crippen molar-refractivity contribution in [3.8, 4) is 0 Å². The second kappa shape index (κ2) is 18.0. The van der Waals surface area contributed by atoms with Crippen LogP contribution in [0, 0.1) is 19.8 Å². The summed E-state index contributed by atoms with van der Waals surface area (Å²) in [5.41, 5.74) is 4.96. The maximum Gasteiger partial charge on any atom is 0.318 e. The molecule has 45 heavy (non-hydrogen) atoms. The molecule has 0 aliphatic carbocycles. The van der Waals surface area contributed by atoms with Crippen molar-refractivity contribution in [1.82, 2.24) is 20.4 Å². The van der Waals surface area contributed by atoms with Crippen LogP contribution in [0.15, 0.2) is 48.5 Å². The maximum absolute atomic E-state index is 13.3. The van der Waals surface area contributed by atoms with Gasteiger partial charge < -0.3 is 31.1 Å². The predicted octanol–water partition coefficient (Wildman–Crippen LogP) is 6.56. The average Bonchev–Trinajstić information content (AvgIpc) is 3.34. The van der Waals surface area contributed by atoms with Crippen molar-refractivity contribution in [2.24, 2.45) is 5.92 Å². The molecule has 0 saturated carbocycles. The van der Waals surface area contributed by atoms with Crippen LogP contribution in [0.2, 0.25) is 0 Å². The second-order valence-electron chi connectivity index (χ2n) is 13.7. The van der Waals surface area contributed by atoms with E-state index in [-0.39, 0.29) is 11.9 Å². The van der Waals surface area contributed by atoms with Gasteiger partial charge in [-0.3, -0.25) is 4.79 Å². The van der Waals surface area contributed by atoms with E-state index < -0.39 is 6.04 Å². The molecule has 1 atom stereocenters. The summed E-state index contributed by atoms with van der Waals surface area (Å²) in [6.07, 6.45) is 9.46. The van der Waals surface area contributed by atoms with E-state index in [9.17, 15) is 9.59 Å². The van der Waals surface area contributed by atoms with Crippen LogP contribution in [0.5, 0.6) is 0 Å². The molecule has 3 heterocycles. The number of urea groups is 1. The molecule has 0 spiro atoms. The molecule has 3 aliphatic heterocycles. The summed E-state index contributed by atoms with van der Waals surface area (Å²) in [6, 6.07) is 17.6. The molecule has 3 saturated heterocycles. The first-order valence-electron chi connectivity index (χ1n) is 17.5. The van der Waals surface area contributed by atoms with E-state index in [4.69, 9.17) is 0 Å². The highest BCUT2D eigenvalue weighted by Crippen LogP contribution is 2.20. The normalized spacial score (nSPS) is 18.8. The molecule has 3 fully saturated rings. The van der Waals surface area contributed by atoms with Crippen LogP contribution in [0.3, 0.4) is 0 Å². The van der Waals surface area contributed by atoms with Gasteiger partial charge in [-0.25, -0.2) is 4.79 Å². The number of hydrogen-bond acceptors (Lipinski definition) is 5. The minimum absolute atomic E-state index is 0.0724. The summed E-state index contributed by atoms with van der Waals surface area (Å²) in [4.78, 5) is 30.0.